The minimum atomic E-state index is -6.19. The van der Waals surface area contributed by atoms with Gasteiger partial charge in [-0.1, -0.05) is 92.9 Å². The summed E-state index contributed by atoms with van der Waals surface area (Å²) in [7, 11) is -11.1. The van der Waals surface area contributed by atoms with E-state index in [0.717, 1.165) is 75.8 Å². The van der Waals surface area contributed by atoms with E-state index in [2.05, 4.69) is 35.6 Å². The predicted molar refractivity (Wildman–Crippen MR) is 412 cm³/mol. The van der Waals surface area contributed by atoms with Gasteiger partial charge in [-0.3, -0.25) is 28.9 Å². The molecule has 2 aliphatic carbocycles. The number of anilines is 2. The molecule has 2 unspecified atom stereocenters. The summed E-state index contributed by atoms with van der Waals surface area (Å²) >= 11 is 9.06. The molecule has 1 saturated carbocycles. The van der Waals surface area contributed by atoms with Crippen molar-refractivity contribution in [1.82, 2.24) is 39.9 Å². The van der Waals surface area contributed by atoms with Gasteiger partial charge in [-0.25, -0.2) is 30.9 Å². The fourth-order valence-electron chi connectivity index (χ4n) is 15.8. The van der Waals surface area contributed by atoms with Gasteiger partial charge in [-0.15, -0.1) is 23.1 Å². The monoisotopic (exact) mass is 1580 g/mol. The number of sulfone groups is 1. The number of rotatable bonds is 28. The van der Waals surface area contributed by atoms with Crippen LogP contribution in [0.3, 0.4) is 0 Å². The fraction of sp³-hybridized carbons (Fsp3) is 0.494. The Kier molecular flexibility index (Phi) is 24.9. The Balaban J connectivity index is 0.604. The van der Waals surface area contributed by atoms with E-state index in [1.54, 1.807) is 41.1 Å². The number of β-amino-alcohol motifs (C(OH)–C–C–N with tert-alkyl or cyclic N) is 1. The van der Waals surface area contributed by atoms with Gasteiger partial charge in [0.25, 0.3) is 25.8 Å². The largest absolute Gasteiger partial charge is 0.501 e. The molecule has 580 valence electrons. The zero-order valence-electron chi connectivity index (χ0n) is 61.4. The van der Waals surface area contributed by atoms with Gasteiger partial charge in [-0.05, 0) is 171 Å². The molecule has 4 aliphatic heterocycles. The Morgan fingerprint density at radius 3 is 2.14 bits per heavy atom. The Morgan fingerprint density at radius 1 is 0.796 bits per heavy atom. The number of amides is 5. The van der Waals surface area contributed by atoms with Crippen molar-refractivity contribution in [2.45, 2.75) is 162 Å². The van der Waals surface area contributed by atoms with Crippen molar-refractivity contribution in [1.29, 1.82) is 0 Å². The maximum Gasteiger partial charge on any atom is 0.501 e. The lowest BCUT2D eigenvalue weighted by molar-refractivity contribution is -0.144. The Morgan fingerprint density at radius 2 is 1.49 bits per heavy atom. The van der Waals surface area contributed by atoms with Crippen molar-refractivity contribution in [3.63, 3.8) is 0 Å². The number of aryl methyl sites for hydroxylation is 1. The number of hydrogen-bond acceptors (Lipinski definition) is 17. The highest BCUT2D eigenvalue weighted by Gasteiger charge is 2.50. The number of nitrogens with one attached hydrogen (secondary N) is 4. The molecule has 108 heavy (non-hydrogen) atoms. The molecule has 1 spiro atoms. The molecule has 6 aliphatic rings. The molecule has 6 aromatic rings. The molecular weight excluding hydrogens is 1490 g/mol. The predicted octanol–water partition coefficient (Wildman–Crippen LogP) is 12.5. The molecule has 1 aromatic heterocycles. The molecule has 5 N–H and O–H groups in total. The van der Waals surface area contributed by atoms with Crippen LogP contribution in [0.1, 0.15) is 138 Å². The van der Waals surface area contributed by atoms with Crippen LogP contribution in [0.25, 0.3) is 16.0 Å². The van der Waals surface area contributed by atoms with Crippen molar-refractivity contribution in [2.24, 2.45) is 22.7 Å². The average molecular weight is 1580 g/mol. The molecule has 29 heteroatoms. The highest BCUT2D eigenvalue weighted by Crippen LogP contribution is 2.59. The van der Waals surface area contributed by atoms with Gasteiger partial charge in [0, 0.05) is 130 Å². The number of benzene rings is 5. The summed E-state index contributed by atoms with van der Waals surface area (Å²) in [6.45, 7) is 15.5. The number of thioether (sulfide) groups is 1. The molecule has 12 rings (SSSR count). The molecule has 7 atom stereocenters. The summed E-state index contributed by atoms with van der Waals surface area (Å²) < 4.78 is 116. The molecule has 5 amide bonds. The zero-order valence-corrected chi connectivity index (χ0v) is 65.4. The molecule has 0 radical (unpaired) electrons. The summed E-state index contributed by atoms with van der Waals surface area (Å²) in [6, 6.07) is 27.6. The van der Waals surface area contributed by atoms with Gasteiger partial charge < -0.3 is 40.7 Å². The van der Waals surface area contributed by atoms with Crippen LogP contribution in [-0.4, -0.2) is 184 Å². The first-order valence-corrected chi connectivity index (χ1v) is 42.3. The number of carbonyl (C=O) groups is 5. The molecule has 4 saturated heterocycles. The number of sulfonamides is 1. The fourth-order valence-corrected chi connectivity index (χ4v) is 19.7. The second kappa shape index (κ2) is 33.6. The van der Waals surface area contributed by atoms with Gasteiger partial charge in [0.1, 0.15) is 22.8 Å². The summed E-state index contributed by atoms with van der Waals surface area (Å²) in [5.41, 5.74) is 1.53. The Bertz CT molecular complexity index is 4520. The number of aromatic nitrogens is 1. The number of nitrogens with zero attached hydrogens (tertiary/aromatic N) is 6. The van der Waals surface area contributed by atoms with Gasteiger partial charge in [0.2, 0.25) is 23.6 Å². The van der Waals surface area contributed by atoms with Crippen LogP contribution in [-0.2, 0) is 39.0 Å². The molecule has 20 nitrogen and oxygen atoms in total. The van der Waals surface area contributed by atoms with Crippen LogP contribution in [0.4, 0.5) is 28.9 Å². The first-order chi connectivity index (χ1) is 51.3. The number of carbonyl (C=O) groups excluding carboxylic acids is 5. The van der Waals surface area contributed by atoms with E-state index in [1.807, 2.05) is 98.8 Å². The molecule has 5 fully saturated rings. The van der Waals surface area contributed by atoms with E-state index in [4.69, 9.17) is 11.6 Å². The van der Waals surface area contributed by atoms with Crippen molar-refractivity contribution >= 4 is 101 Å². The van der Waals surface area contributed by atoms with Gasteiger partial charge in [0.15, 0.2) is 0 Å². The number of likely N-dealkylation sites (tertiary alicyclic amines) is 3. The third-order valence-electron chi connectivity index (χ3n) is 22.1. The van der Waals surface area contributed by atoms with Crippen LogP contribution < -0.4 is 25.6 Å². The Labute approximate surface area is 643 Å². The van der Waals surface area contributed by atoms with E-state index in [9.17, 15) is 59.1 Å². The maximum absolute atomic E-state index is 15.2. The highest BCUT2D eigenvalue weighted by molar-refractivity contribution is 7.99. The number of halogens is 5. The van der Waals surface area contributed by atoms with Crippen molar-refractivity contribution in [3.8, 4) is 10.4 Å². The smallest absolute Gasteiger partial charge is 0.391 e. The number of fused-ring (bicyclic) bond motifs is 1. The molecular formula is C79H95ClF4N10O10S4. The SMILES string of the molecule is Cc1ncsc1-c1ccc([C@H](C)NC(=O)[C@@H]2C[C@@H](O)CN2C(=O)[C@@H](NC(=O)CCCCCC(=O)N2CC3CN(CC[C@H](CSc4ccccc4)Nc4ccc(S(=O)(=O)NC(=O)c5ccc(N6CCN(CC7=C(c8ccc(Cl)cc8F)CCC8(CC8)C7)CC6)cc5)cc4S(=O)(=O)C(F)(F)F)CC3C2)C(C)(C)C)cc1. The molecule has 0 bridgehead atoms. The number of unbranched alkanes of at least 4 members (excludes halogenated alkanes) is 2. The lowest BCUT2D eigenvalue weighted by Gasteiger charge is -2.38. The summed E-state index contributed by atoms with van der Waals surface area (Å²) in [5, 5.41) is 20.1. The first-order valence-electron chi connectivity index (χ1n) is 37.1. The molecule has 5 heterocycles. The topological polar surface area (TPSA) is 251 Å². The standard InChI is InChI=1S/C79H95ClF4N10O10S4/c1-50(52-16-18-53(19-17-52)72-51(2)85-49-106-72)86-75(99)68-39-61(95)47-94(68)76(100)73(77(3,4)5)88-70(96)14-10-7-11-15-71(97)93-45-56-43-91(44-57(56)46-93)33-29-59(48-105-62-12-8-6-9-13-62)87-67-27-25-63(40-69(67)107(101,102)79(82,83)84)108(103,104)89-74(98)54-20-23-60(24-21-54)92-36-34-90(35-37-92)42-55-41-78(31-32-78)30-28-64(55)65-26-22-58(80)38-66(65)81/h6,8-9,12-13,16-27,38,40,49-50,56-57,59,61,68,73,87,95H,7,10-11,14-15,28-37,39,41-48H2,1-5H3,(H,86,99)(H,88,96)(H,89,98)/t50-,56?,57?,59+,61+,68-,73+/m0/s1. The van der Waals surface area contributed by atoms with Crippen molar-refractivity contribution < 1.29 is 63.5 Å². The quantitative estimate of drug-likeness (QED) is 0.0174. The summed E-state index contributed by atoms with van der Waals surface area (Å²) in [6.07, 6.45) is 6.59. The number of aliphatic hydroxyl groups excluding tert-OH is 1. The number of hydrogen-bond donors (Lipinski definition) is 5. The highest BCUT2D eigenvalue weighted by atomic mass is 35.5. The lowest BCUT2D eigenvalue weighted by Crippen LogP contribution is -2.57. The maximum atomic E-state index is 15.2. The van der Waals surface area contributed by atoms with E-state index in [-0.39, 0.29) is 66.6 Å². The second-order valence-corrected chi connectivity index (χ2v) is 37.0. The summed E-state index contributed by atoms with van der Waals surface area (Å²) in [4.78, 5) is 82.9. The van der Waals surface area contributed by atoms with E-state index >= 15 is 4.39 Å². The number of thiazole rings is 1. The van der Waals surface area contributed by atoms with Crippen molar-refractivity contribution in [3.05, 3.63) is 160 Å². The third kappa shape index (κ3) is 19.3. The van der Waals surface area contributed by atoms with Crippen LogP contribution in [0, 0.1) is 35.4 Å². The van der Waals surface area contributed by atoms with E-state index in [0.29, 0.717) is 107 Å². The normalized spacial score (nSPS) is 20.7. The lowest BCUT2D eigenvalue weighted by atomic mass is 9.78. The van der Waals surface area contributed by atoms with Crippen LogP contribution in [0.15, 0.2) is 141 Å². The number of alkyl halides is 3. The molecule has 5 aromatic carbocycles. The first kappa shape index (κ1) is 80.1. The van der Waals surface area contributed by atoms with Gasteiger partial charge >= 0.3 is 5.51 Å². The van der Waals surface area contributed by atoms with Crippen LogP contribution >= 0.6 is 34.7 Å². The van der Waals surface area contributed by atoms with Crippen LogP contribution in [0.2, 0.25) is 5.02 Å². The zero-order chi connectivity index (χ0) is 77.0. The minimum Gasteiger partial charge on any atom is -0.391 e. The third-order valence-corrected chi connectivity index (χ3v) is 27.4. The van der Waals surface area contributed by atoms with Gasteiger partial charge in [0.05, 0.1) is 38.8 Å². The minimum absolute atomic E-state index is 0.000592. The number of allylic oxidation sites excluding steroid dienone is 1. The second-order valence-electron chi connectivity index (χ2n) is 31.0. The number of piperazine rings is 1. The van der Waals surface area contributed by atoms with E-state index < -0.39 is 94.3 Å². The van der Waals surface area contributed by atoms with Crippen molar-refractivity contribution in [2.75, 3.05) is 88.0 Å². The van der Waals surface area contributed by atoms with Gasteiger partial charge in [-0.2, -0.15) is 13.2 Å². The number of aliphatic hydroxyl groups is 1. The average Bonchev–Trinajstić information content (AvgIpc) is 1.34. The van der Waals surface area contributed by atoms with E-state index in [1.165, 1.54) is 53.3 Å². The summed E-state index contributed by atoms with van der Waals surface area (Å²) in [5.74, 6) is -2.02. The Hall–Kier alpha value is -7.44. The van der Waals surface area contributed by atoms with Crippen LogP contribution in [0.5, 0.6) is 0 Å².